The fourth-order valence-corrected chi connectivity index (χ4v) is 6.83. The zero-order valence-electron chi connectivity index (χ0n) is 15.3. The van der Waals surface area contributed by atoms with E-state index >= 15 is 0 Å². The van der Waals surface area contributed by atoms with Gasteiger partial charge >= 0.3 is 0 Å². The Balaban J connectivity index is 1.61. The van der Waals surface area contributed by atoms with Crippen molar-refractivity contribution in [3.05, 3.63) is 51.2 Å². The predicted octanol–water partition coefficient (Wildman–Crippen LogP) is 3.07. The van der Waals surface area contributed by atoms with Crippen LogP contribution in [0, 0.1) is 0 Å². The molecule has 0 bridgehead atoms. The molecule has 27 heavy (non-hydrogen) atoms. The van der Waals surface area contributed by atoms with E-state index in [1.807, 2.05) is 30.3 Å². The molecule has 4 rings (SSSR count). The van der Waals surface area contributed by atoms with Gasteiger partial charge in [-0.05, 0) is 55.0 Å². The first-order chi connectivity index (χ1) is 12.9. The number of carbonyl (C=O) groups is 1. The van der Waals surface area contributed by atoms with Gasteiger partial charge in [0.1, 0.15) is 5.75 Å². The quantitative estimate of drug-likeness (QED) is 0.767. The summed E-state index contributed by atoms with van der Waals surface area (Å²) in [4.78, 5) is 17.1. The molecule has 1 atom stereocenters. The zero-order chi connectivity index (χ0) is 19.0. The number of hydrogen-bond donors (Lipinski definition) is 0. The zero-order valence-corrected chi connectivity index (χ0v) is 16.9. The van der Waals surface area contributed by atoms with Crippen LogP contribution in [0.1, 0.15) is 38.5 Å². The van der Waals surface area contributed by atoms with Gasteiger partial charge in [-0.1, -0.05) is 12.1 Å². The van der Waals surface area contributed by atoms with Crippen LogP contribution >= 0.6 is 11.3 Å². The van der Waals surface area contributed by atoms with Crippen LogP contribution in [0.25, 0.3) is 0 Å². The molecule has 0 saturated carbocycles. The molecule has 7 heteroatoms. The molecule has 144 valence electrons. The van der Waals surface area contributed by atoms with Crippen molar-refractivity contribution in [1.82, 2.24) is 4.90 Å². The van der Waals surface area contributed by atoms with Crippen LogP contribution in [0.2, 0.25) is 0 Å². The van der Waals surface area contributed by atoms with Crippen molar-refractivity contribution >= 4 is 27.1 Å². The maximum Gasteiger partial charge on any atom is 0.264 e. The summed E-state index contributed by atoms with van der Waals surface area (Å²) in [6.07, 6.45) is 3.75. The van der Waals surface area contributed by atoms with Crippen molar-refractivity contribution in [3.63, 3.8) is 0 Å². The van der Waals surface area contributed by atoms with Gasteiger partial charge in [-0.25, -0.2) is 8.42 Å². The van der Waals surface area contributed by atoms with Crippen LogP contribution in [0.3, 0.4) is 0 Å². The molecule has 1 aromatic carbocycles. The number of rotatable bonds is 5. The van der Waals surface area contributed by atoms with Crippen LogP contribution in [0.15, 0.2) is 30.3 Å². The van der Waals surface area contributed by atoms with Crippen molar-refractivity contribution in [2.75, 3.05) is 18.6 Å². The third kappa shape index (κ3) is 3.89. The lowest BCUT2D eigenvalue weighted by molar-refractivity contribution is 0.0686. The van der Waals surface area contributed by atoms with Gasteiger partial charge in [0.25, 0.3) is 5.91 Å². The minimum absolute atomic E-state index is 0.0488. The lowest BCUT2D eigenvalue weighted by atomic mass is 10.1. The van der Waals surface area contributed by atoms with Gasteiger partial charge in [0.2, 0.25) is 0 Å². The van der Waals surface area contributed by atoms with Crippen molar-refractivity contribution < 1.29 is 17.9 Å². The molecule has 0 spiro atoms. The highest BCUT2D eigenvalue weighted by atomic mass is 32.2. The molecule has 2 aromatic rings. The number of nitrogens with zero attached hydrogens (tertiary/aromatic N) is 1. The van der Waals surface area contributed by atoms with E-state index in [0.717, 1.165) is 35.5 Å². The Bertz CT molecular complexity index is 925. The highest BCUT2D eigenvalue weighted by Crippen LogP contribution is 2.32. The molecule has 0 N–H and O–H groups in total. The first-order valence-electron chi connectivity index (χ1n) is 9.21. The Morgan fingerprint density at radius 3 is 2.67 bits per heavy atom. The average molecular weight is 406 g/mol. The number of aryl methyl sites for hydroxylation is 2. The number of benzene rings is 1. The Morgan fingerprint density at radius 2 is 2.04 bits per heavy atom. The number of amides is 1. The number of thiophene rings is 1. The highest BCUT2D eigenvalue weighted by Gasteiger charge is 2.36. The first kappa shape index (κ1) is 18.5. The number of carbonyl (C=O) groups excluding carboxylic acids is 1. The van der Waals surface area contributed by atoms with E-state index in [4.69, 9.17) is 4.74 Å². The molecule has 1 aliphatic heterocycles. The van der Waals surface area contributed by atoms with Crippen molar-refractivity contribution in [1.29, 1.82) is 0 Å². The number of sulfone groups is 1. The average Bonchev–Trinajstić information content (AvgIpc) is 3.34. The third-order valence-electron chi connectivity index (χ3n) is 5.38. The summed E-state index contributed by atoms with van der Waals surface area (Å²) >= 11 is 1.57. The fraction of sp³-hybridized carbons (Fsp3) is 0.450. The Hall–Kier alpha value is -1.86. The van der Waals surface area contributed by atoms with Crippen LogP contribution < -0.4 is 4.74 Å². The second kappa shape index (κ2) is 7.28. The summed E-state index contributed by atoms with van der Waals surface area (Å²) in [7, 11) is -1.45. The maximum absolute atomic E-state index is 13.3. The van der Waals surface area contributed by atoms with Gasteiger partial charge in [0.05, 0.1) is 23.5 Å². The number of hydrogen-bond acceptors (Lipinski definition) is 5. The summed E-state index contributed by atoms with van der Waals surface area (Å²) in [5, 5.41) is 0. The van der Waals surface area contributed by atoms with Crippen LogP contribution in [-0.2, 0) is 29.2 Å². The predicted molar refractivity (Wildman–Crippen MR) is 106 cm³/mol. The second-order valence-corrected chi connectivity index (χ2v) is 10.6. The van der Waals surface area contributed by atoms with E-state index < -0.39 is 9.84 Å². The summed E-state index contributed by atoms with van der Waals surface area (Å²) in [6.45, 7) is 0.408. The second-order valence-electron chi connectivity index (χ2n) is 7.25. The third-order valence-corrected chi connectivity index (χ3v) is 8.35. The molecule has 1 aromatic heterocycles. The Labute approximate surface area is 163 Å². The molecule has 1 amide bonds. The molecule has 2 aliphatic rings. The number of methoxy groups -OCH3 is 1. The Kier molecular flexibility index (Phi) is 4.99. The fourth-order valence-electron chi connectivity index (χ4n) is 3.89. The van der Waals surface area contributed by atoms with Gasteiger partial charge in [-0.2, -0.15) is 0 Å². The minimum Gasteiger partial charge on any atom is -0.497 e. The molecule has 0 radical (unpaired) electrons. The molecule has 1 fully saturated rings. The largest absolute Gasteiger partial charge is 0.497 e. The highest BCUT2D eigenvalue weighted by molar-refractivity contribution is 7.91. The topological polar surface area (TPSA) is 63.7 Å². The molecular formula is C20H23NO4S2. The van der Waals surface area contributed by atoms with Gasteiger partial charge in [-0.15, -0.1) is 11.3 Å². The van der Waals surface area contributed by atoms with Crippen LogP contribution in [0.5, 0.6) is 5.75 Å². The van der Waals surface area contributed by atoms with E-state index in [1.54, 1.807) is 23.3 Å². The van der Waals surface area contributed by atoms with Crippen molar-refractivity contribution in [3.8, 4) is 5.75 Å². The molecule has 2 heterocycles. The lowest BCUT2D eigenvalue weighted by Gasteiger charge is -2.28. The van der Waals surface area contributed by atoms with Gasteiger partial charge < -0.3 is 9.64 Å². The van der Waals surface area contributed by atoms with E-state index in [0.29, 0.717) is 13.0 Å². The van der Waals surface area contributed by atoms with E-state index in [2.05, 4.69) is 0 Å². The summed E-state index contributed by atoms with van der Waals surface area (Å²) in [5.74, 6) is 0.924. The molecule has 1 unspecified atom stereocenters. The maximum atomic E-state index is 13.3. The molecular weight excluding hydrogens is 382 g/mol. The van der Waals surface area contributed by atoms with Crippen LogP contribution in [0.4, 0.5) is 0 Å². The van der Waals surface area contributed by atoms with Gasteiger partial charge in [0.15, 0.2) is 9.84 Å². The summed E-state index contributed by atoms with van der Waals surface area (Å²) in [6, 6.07) is 9.33. The monoisotopic (exact) mass is 405 g/mol. The first-order valence-corrected chi connectivity index (χ1v) is 11.8. The number of fused-ring (bicyclic) bond motifs is 1. The Morgan fingerprint density at radius 1 is 1.26 bits per heavy atom. The smallest absolute Gasteiger partial charge is 0.264 e. The molecule has 1 aliphatic carbocycles. The SMILES string of the molecule is COc1ccc(CN(C(=O)c2cc3c(s2)CCC3)C2CCS(=O)(=O)C2)cc1. The van der Waals surface area contributed by atoms with E-state index in [-0.39, 0.29) is 23.5 Å². The lowest BCUT2D eigenvalue weighted by Crippen LogP contribution is -2.40. The van der Waals surface area contributed by atoms with Crippen molar-refractivity contribution in [2.45, 2.75) is 38.3 Å². The standard InChI is InChI=1S/C20H23NO4S2/c1-25-17-7-5-14(6-8-17)12-21(16-9-10-27(23,24)13-16)20(22)19-11-15-3-2-4-18(15)26-19/h5-8,11,16H,2-4,9-10,12-13H2,1H3. The molecule has 5 nitrogen and oxygen atoms in total. The summed E-state index contributed by atoms with van der Waals surface area (Å²) < 4.78 is 29.2. The number of ether oxygens (including phenoxy) is 1. The van der Waals surface area contributed by atoms with Gasteiger partial charge in [-0.3, -0.25) is 4.79 Å². The van der Waals surface area contributed by atoms with Crippen molar-refractivity contribution in [2.24, 2.45) is 0 Å². The minimum atomic E-state index is -3.07. The summed E-state index contributed by atoms with van der Waals surface area (Å²) in [5.41, 5.74) is 2.25. The van der Waals surface area contributed by atoms with Crippen LogP contribution in [-0.4, -0.2) is 43.9 Å². The molecule has 1 saturated heterocycles. The normalized spacial score (nSPS) is 20.4. The van der Waals surface area contributed by atoms with Gasteiger partial charge in [0, 0.05) is 17.5 Å². The van der Waals surface area contributed by atoms with E-state index in [1.165, 1.54) is 10.4 Å². The van der Waals surface area contributed by atoms with E-state index in [9.17, 15) is 13.2 Å².